The van der Waals surface area contributed by atoms with Gasteiger partial charge in [0.25, 0.3) is 0 Å². The molecule has 194 valence electrons. The Morgan fingerprint density at radius 2 is 1.21 bits per heavy atom. The van der Waals surface area contributed by atoms with Crippen LogP contribution in [-0.2, 0) is 4.79 Å². The molecule has 0 aromatic heterocycles. The first-order valence-corrected chi connectivity index (χ1v) is 15.1. The number of hydrogen-bond donors (Lipinski definition) is 0. The van der Waals surface area contributed by atoms with Crippen LogP contribution in [0.4, 0.5) is 0 Å². The minimum absolute atomic E-state index is 0.286. The fraction of sp³-hybridized carbons (Fsp3) is 0.967. The number of unbranched alkanes of at least 4 members (excludes halogenated alkanes) is 7. The normalized spacial score (nSPS) is 19.2. The van der Waals surface area contributed by atoms with E-state index in [1.54, 1.807) is 0 Å². The van der Waals surface area contributed by atoms with Gasteiger partial charge < -0.3 is 9.80 Å². The molecule has 3 heteroatoms. The summed E-state index contributed by atoms with van der Waals surface area (Å²) in [6.07, 6.45) is 22.1. The summed E-state index contributed by atoms with van der Waals surface area (Å²) in [7, 11) is 0. The number of carbonyl (C=O) groups is 1. The number of rotatable bonds is 18. The number of amides is 1. The smallest absolute Gasteiger partial charge is 0.225 e. The Kier molecular flexibility index (Phi) is 14.0. The van der Waals surface area contributed by atoms with Crippen molar-refractivity contribution in [3.05, 3.63) is 0 Å². The lowest BCUT2D eigenvalue weighted by Gasteiger charge is -2.55. The van der Waals surface area contributed by atoms with Gasteiger partial charge in [0.1, 0.15) is 0 Å². The predicted molar refractivity (Wildman–Crippen MR) is 144 cm³/mol. The van der Waals surface area contributed by atoms with Gasteiger partial charge in [-0.15, -0.1) is 0 Å². The summed E-state index contributed by atoms with van der Waals surface area (Å²) in [5.41, 5.74) is 0.523. The highest BCUT2D eigenvalue weighted by atomic mass is 16.2. The number of piperidine rings is 1. The third kappa shape index (κ3) is 9.90. The molecule has 0 radical (unpaired) electrons. The van der Waals surface area contributed by atoms with Crippen LogP contribution in [0.3, 0.4) is 0 Å². The second-order valence-corrected chi connectivity index (χ2v) is 11.7. The Hall–Kier alpha value is -0.570. The highest BCUT2D eigenvalue weighted by Crippen LogP contribution is 2.41. The number of carbonyl (C=O) groups excluding carboxylic acids is 1. The van der Waals surface area contributed by atoms with Crippen molar-refractivity contribution in [1.29, 1.82) is 0 Å². The third-order valence-corrected chi connectivity index (χ3v) is 8.61. The zero-order chi connectivity index (χ0) is 23.9. The van der Waals surface area contributed by atoms with Gasteiger partial charge in [-0.2, -0.15) is 0 Å². The van der Waals surface area contributed by atoms with Gasteiger partial charge in [-0.3, -0.25) is 4.79 Å². The molecule has 0 aromatic carbocycles. The summed E-state index contributed by atoms with van der Waals surface area (Å²) in [4.78, 5) is 18.2. The fourth-order valence-electron chi connectivity index (χ4n) is 6.33. The van der Waals surface area contributed by atoms with Crippen LogP contribution in [0.25, 0.3) is 0 Å². The summed E-state index contributed by atoms with van der Waals surface area (Å²) in [5, 5.41) is 0. The number of likely N-dealkylation sites (tertiary alicyclic amines) is 2. The molecule has 2 aliphatic rings. The first kappa shape index (κ1) is 28.7. The van der Waals surface area contributed by atoms with E-state index in [2.05, 4.69) is 37.5 Å². The molecule has 0 saturated carbocycles. The molecule has 2 fully saturated rings. The second kappa shape index (κ2) is 16.2. The molecule has 1 spiro atoms. The largest absolute Gasteiger partial charge is 0.342 e. The molecule has 2 aliphatic heterocycles. The minimum atomic E-state index is 0.286. The van der Waals surface area contributed by atoms with Crippen molar-refractivity contribution < 1.29 is 4.79 Å². The lowest BCUT2D eigenvalue weighted by molar-refractivity contribution is -0.141. The SMILES string of the molecule is CCCCCCC(CCCCC)CN1CC2(CCN(C(=O)C(CCCC)CCCC)CC2)C1. The maximum atomic E-state index is 13.2. The zero-order valence-electron chi connectivity index (χ0n) is 23.0. The molecule has 3 nitrogen and oxygen atoms in total. The van der Waals surface area contributed by atoms with E-state index in [1.807, 2.05) is 0 Å². The van der Waals surface area contributed by atoms with Crippen LogP contribution in [0.15, 0.2) is 0 Å². The first-order valence-electron chi connectivity index (χ1n) is 15.1. The molecule has 0 aliphatic carbocycles. The molecule has 0 aromatic rings. The van der Waals surface area contributed by atoms with Gasteiger partial charge in [0.15, 0.2) is 0 Å². The molecule has 2 heterocycles. The van der Waals surface area contributed by atoms with Gasteiger partial charge in [0, 0.05) is 38.6 Å². The van der Waals surface area contributed by atoms with E-state index >= 15 is 0 Å². The maximum absolute atomic E-state index is 13.2. The topological polar surface area (TPSA) is 23.6 Å². The molecule has 0 bridgehead atoms. The quantitative estimate of drug-likeness (QED) is 0.192. The van der Waals surface area contributed by atoms with Crippen LogP contribution in [0.5, 0.6) is 0 Å². The zero-order valence-corrected chi connectivity index (χ0v) is 23.0. The van der Waals surface area contributed by atoms with Crippen LogP contribution in [0.1, 0.15) is 137 Å². The first-order chi connectivity index (χ1) is 16.1. The van der Waals surface area contributed by atoms with E-state index in [9.17, 15) is 4.79 Å². The standard InChI is InChI=1S/C30H58N2O/c1-5-9-13-15-17-27(16-14-10-6-2)24-31-25-30(26-31)20-22-32(23-21-30)29(33)28(18-11-7-3)19-12-8-4/h27-28H,5-26H2,1-4H3. The van der Waals surface area contributed by atoms with Crippen LogP contribution in [0.2, 0.25) is 0 Å². The van der Waals surface area contributed by atoms with E-state index in [0.29, 0.717) is 11.3 Å². The molecule has 33 heavy (non-hydrogen) atoms. The second-order valence-electron chi connectivity index (χ2n) is 11.7. The summed E-state index contributed by atoms with van der Waals surface area (Å²) in [6.45, 7) is 15.1. The molecule has 1 amide bonds. The summed E-state index contributed by atoms with van der Waals surface area (Å²) in [5.74, 6) is 1.67. The van der Waals surface area contributed by atoms with Gasteiger partial charge in [-0.25, -0.2) is 0 Å². The lowest BCUT2D eigenvalue weighted by Crippen LogP contribution is -2.61. The van der Waals surface area contributed by atoms with Crippen molar-refractivity contribution in [1.82, 2.24) is 9.80 Å². The van der Waals surface area contributed by atoms with Gasteiger partial charge in [0.05, 0.1) is 0 Å². The Balaban J connectivity index is 1.75. The molecule has 1 unspecified atom stereocenters. The molecule has 2 rings (SSSR count). The van der Waals surface area contributed by atoms with E-state index in [4.69, 9.17) is 0 Å². The van der Waals surface area contributed by atoms with Crippen LogP contribution < -0.4 is 0 Å². The van der Waals surface area contributed by atoms with Crippen LogP contribution >= 0.6 is 0 Å². The van der Waals surface area contributed by atoms with Crippen LogP contribution in [0, 0.1) is 17.3 Å². The Morgan fingerprint density at radius 1 is 0.697 bits per heavy atom. The maximum Gasteiger partial charge on any atom is 0.225 e. The van der Waals surface area contributed by atoms with Gasteiger partial charge in [-0.1, -0.05) is 98.3 Å². The number of nitrogens with zero attached hydrogens (tertiary/aromatic N) is 2. The Morgan fingerprint density at radius 3 is 1.76 bits per heavy atom. The van der Waals surface area contributed by atoms with E-state index in [1.165, 1.54) is 116 Å². The van der Waals surface area contributed by atoms with E-state index in [-0.39, 0.29) is 5.92 Å². The van der Waals surface area contributed by atoms with Gasteiger partial charge in [-0.05, 0) is 49.9 Å². The van der Waals surface area contributed by atoms with Gasteiger partial charge >= 0.3 is 0 Å². The number of hydrogen-bond acceptors (Lipinski definition) is 2. The van der Waals surface area contributed by atoms with Crippen molar-refractivity contribution >= 4 is 5.91 Å². The molecule has 1 atom stereocenters. The van der Waals surface area contributed by atoms with Crippen molar-refractivity contribution in [2.45, 2.75) is 137 Å². The monoisotopic (exact) mass is 462 g/mol. The predicted octanol–water partition coefficient (Wildman–Crippen LogP) is 8.07. The third-order valence-electron chi connectivity index (χ3n) is 8.61. The summed E-state index contributed by atoms with van der Waals surface area (Å²) in [6, 6.07) is 0. The average Bonchev–Trinajstić information content (AvgIpc) is 2.81. The summed E-state index contributed by atoms with van der Waals surface area (Å²) < 4.78 is 0. The lowest BCUT2D eigenvalue weighted by atomic mass is 9.71. The van der Waals surface area contributed by atoms with Crippen molar-refractivity contribution in [3.63, 3.8) is 0 Å². The van der Waals surface area contributed by atoms with E-state index in [0.717, 1.165) is 31.8 Å². The highest BCUT2D eigenvalue weighted by Gasteiger charge is 2.45. The van der Waals surface area contributed by atoms with Crippen LogP contribution in [-0.4, -0.2) is 48.4 Å². The molecule has 0 N–H and O–H groups in total. The average molecular weight is 463 g/mol. The van der Waals surface area contributed by atoms with Gasteiger partial charge in [0.2, 0.25) is 5.91 Å². The Labute approximate surface area is 207 Å². The fourth-order valence-corrected chi connectivity index (χ4v) is 6.33. The highest BCUT2D eigenvalue weighted by molar-refractivity contribution is 5.79. The molecular weight excluding hydrogens is 404 g/mol. The van der Waals surface area contributed by atoms with Crippen molar-refractivity contribution in [3.8, 4) is 0 Å². The Bertz CT molecular complexity index is 495. The van der Waals surface area contributed by atoms with Crippen molar-refractivity contribution in [2.75, 3.05) is 32.7 Å². The summed E-state index contributed by atoms with van der Waals surface area (Å²) >= 11 is 0. The van der Waals surface area contributed by atoms with E-state index < -0.39 is 0 Å². The van der Waals surface area contributed by atoms with Crippen molar-refractivity contribution in [2.24, 2.45) is 17.3 Å². The molecular formula is C30H58N2O. The minimum Gasteiger partial charge on any atom is -0.342 e. The molecule has 2 saturated heterocycles.